The minimum absolute atomic E-state index is 0.0117. The maximum atomic E-state index is 10.5. The van der Waals surface area contributed by atoms with Gasteiger partial charge in [-0.15, -0.1) is 0 Å². The highest BCUT2D eigenvalue weighted by molar-refractivity contribution is 8.11. The van der Waals surface area contributed by atoms with Crippen molar-refractivity contribution in [2.24, 2.45) is 4.40 Å². The topological polar surface area (TPSA) is 69.9 Å². The Bertz CT molecular complexity index is 402. The second-order valence-corrected chi connectivity index (χ2v) is 3.82. The van der Waals surface area contributed by atoms with Crippen LogP contribution in [0.3, 0.4) is 0 Å². The summed E-state index contributed by atoms with van der Waals surface area (Å²) in [7, 11) is 0. The molecule has 1 unspecified atom stereocenters. The minimum atomic E-state index is -1.65. The van der Waals surface area contributed by atoms with Crippen molar-refractivity contribution in [1.82, 2.24) is 0 Å². The lowest BCUT2D eigenvalue weighted by atomic mass is 10.1. The maximum Gasteiger partial charge on any atom is 0.169 e. The molecule has 68 valence electrons. The minimum Gasteiger partial charge on any atom is -0.507 e. The van der Waals surface area contributed by atoms with E-state index in [-0.39, 0.29) is 11.5 Å². The fourth-order valence-corrected chi connectivity index (χ4v) is 2.35. The van der Waals surface area contributed by atoms with Gasteiger partial charge in [-0.3, -0.25) is 4.79 Å². The highest BCUT2D eigenvalue weighted by atomic mass is 32.2. The van der Waals surface area contributed by atoms with Crippen molar-refractivity contribution in [2.75, 3.05) is 0 Å². The van der Waals surface area contributed by atoms with E-state index in [2.05, 4.69) is 4.40 Å². The Morgan fingerprint density at radius 3 is 2.92 bits per heavy atom. The summed E-state index contributed by atoms with van der Waals surface area (Å²) in [5, 5.41) is 9.41. The smallest absolute Gasteiger partial charge is 0.169 e. The summed E-state index contributed by atoms with van der Waals surface area (Å²) in [5.41, 5.74) is 0.493. The van der Waals surface area contributed by atoms with Crippen LogP contribution in [0, 0.1) is 0 Å². The molecule has 1 atom stereocenters. The van der Waals surface area contributed by atoms with E-state index < -0.39 is 11.4 Å². The molecule has 0 aromatic heterocycles. The number of phenols is 1. The molecule has 4 nitrogen and oxygen atoms in total. The number of nitrogens with zero attached hydrogens (tertiary/aromatic N) is 1. The van der Waals surface area contributed by atoms with Gasteiger partial charge in [-0.1, -0.05) is 6.07 Å². The molecule has 2 N–H and O–H groups in total. The molecule has 0 bridgehead atoms. The van der Waals surface area contributed by atoms with Gasteiger partial charge in [0.25, 0.3) is 0 Å². The van der Waals surface area contributed by atoms with E-state index in [1.807, 2.05) is 0 Å². The van der Waals surface area contributed by atoms with Crippen molar-refractivity contribution in [1.29, 1.82) is 0 Å². The zero-order chi connectivity index (χ0) is 9.42. The van der Waals surface area contributed by atoms with Gasteiger partial charge in [0.2, 0.25) is 0 Å². The molecule has 0 saturated heterocycles. The third-order valence-electron chi connectivity index (χ3n) is 1.81. The number of phenolic OH excluding ortho intramolecular Hbond substituents is 1. The van der Waals surface area contributed by atoms with Crippen molar-refractivity contribution < 1.29 is 14.5 Å². The zero-order valence-corrected chi connectivity index (χ0v) is 7.40. The molecule has 1 aromatic carbocycles. The van der Waals surface area contributed by atoms with E-state index in [1.165, 1.54) is 6.07 Å². The number of fused-ring (bicyclic) bond motifs is 1. The van der Waals surface area contributed by atoms with Crippen LogP contribution >= 0.6 is 11.4 Å². The molecular weight excluding hydrogens is 190 g/mol. The Hall–Kier alpha value is -1.33. The predicted octanol–water partition coefficient (Wildman–Crippen LogP) is 1.14. The lowest BCUT2D eigenvalue weighted by Crippen LogP contribution is -1.98. The largest absolute Gasteiger partial charge is 0.507 e. The predicted molar refractivity (Wildman–Crippen MR) is 50.6 cm³/mol. The number of carbonyl (C=O) groups is 1. The SMILES string of the molecule is O=CC1=N[SH](O)c2cccc(O)c21. The number of aromatic hydroxyl groups is 1. The van der Waals surface area contributed by atoms with Crippen molar-refractivity contribution in [3.05, 3.63) is 23.8 Å². The Morgan fingerprint density at radius 2 is 2.23 bits per heavy atom. The lowest BCUT2D eigenvalue weighted by molar-refractivity contribution is -0.102. The summed E-state index contributed by atoms with van der Waals surface area (Å²) in [4.78, 5) is 11.1. The van der Waals surface area contributed by atoms with E-state index in [0.29, 0.717) is 16.7 Å². The summed E-state index contributed by atoms with van der Waals surface area (Å²) < 4.78 is 13.2. The van der Waals surface area contributed by atoms with E-state index >= 15 is 0 Å². The fraction of sp³-hybridized carbons (Fsp3) is 0. The Kier molecular flexibility index (Phi) is 1.82. The van der Waals surface area contributed by atoms with Gasteiger partial charge in [0.15, 0.2) is 6.29 Å². The quantitative estimate of drug-likeness (QED) is 0.467. The van der Waals surface area contributed by atoms with E-state index in [4.69, 9.17) is 0 Å². The molecule has 0 saturated carbocycles. The zero-order valence-electron chi connectivity index (χ0n) is 6.51. The Morgan fingerprint density at radius 1 is 1.46 bits per heavy atom. The van der Waals surface area contributed by atoms with E-state index in [1.54, 1.807) is 12.1 Å². The van der Waals surface area contributed by atoms with Gasteiger partial charge < -0.3 is 9.66 Å². The first-order chi connectivity index (χ1) is 6.24. The molecule has 1 aromatic rings. The number of benzene rings is 1. The van der Waals surface area contributed by atoms with Crippen LogP contribution in [0.25, 0.3) is 0 Å². The number of aldehydes is 1. The van der Waals surface area contributed by atoms with Gasteiger partial charge in [0, 0.05) is 4.90 Å². The summed E-state index contributed by atoms with van der Waals surface area (Å²) >= 11 is -1.65. The number of hydrogen-bond acceptors (Lipinski definition) is 4. The average molecular weight is 197 g/mol. The first kappa shape index (κ1) is 8.28. The number of thiol groups is 1. The van der Waals surface area contributed by atoms with Crippen molar-refractivity contribution in [3.63, 3.8) is 0 Å². The molecule has 1 aliphatic rings. The van der Waals surface area contributed by atoms with Crippen LogP contribution in [-0.4, -0.2) is 21.7 Å². The van der Waals surface area contributed by atoms with Gasteiger partial charge in [0.05, 0.1) is 5.56 Å². The van der Waals surface area contributed by atoms with Crippen LogP contribution in [0.1, 0.15) is 5.56 Å². The van der Waals surface area contributed by atoms with Crippen molar-refractivity contribution in [3.8, 4) is 5.75 Å². The summed E-state index contributed by atoms with van der Waals surface area (Å²) in [6, 6.07) is 4.73. The molecule has 0 spiro atoms. The number of rotatable bonds is 1. The van der Waals surface area contributed by atoms with Crippen LogP contribution in [-0.2, 0) is 4.79 Å². The maximum absolute atomic E-state index is 10.5. The Labute approximate surface area is 77.2 Å². The second kappa shape index (κ2) is 2.86. The summed E-state index contributed by atoms with van der Waals surface area (Å²) in [5.74, 6) is -0.0117. The first-order valence-corrected chi connectivity index (χ1v) is 4.84. The van der Waals surface area contributed by atoms with Crippen LogP contribution in [0.4, 0.5) is 0 Å². The standard InChI is InChI=1S/C8H7NO3S/c10-4-5-8-6(11)2-1-3-7(8)13(12)9-5/h1-4,11-13H. The third kappa shape index (κ3) is 1.13. The van der Waals surface area contributed by atoms with Gasteiger partial charge in [-0.05, 0) is 23.5 Å². The van der Waals surface area contributed by atoms with E-state index in [0.717, 1.165) is 0 Å². The molecule has 0 radical (unpaired) electrons. The molecule has 1 aliphatic heterocycles. The number of carbonyl (C=O) groups excluding carboxylic acids is 1. The van der Waals surface area contributed by atoms with E-state index in [9.17, 15) is 14.5 Å². The molecule has 1 heterocycles. The molecule has 0 amide bonds. The van der Waals surface area contributed by atoms with Crippen LogP contribution in [0.15, 0.2) is 27.5 Å². The van der Waals surface area contributed by atoms with Crippen LogP contribution in [0.2, 0.25) is 0 Å². The molecular formula is C8H7NO3S. The normalized spacial score (nSPS) is 22.2. The van der Waals surface area contributed by atoms with Crippen molar-refractivity contribution in [2.45, 2.75) is 4.90 Å². The van der Waals surface area contributed by atoms with Crippen molar-refractivity contribution >= 4 is 23.4 Å². The number of hydrogen-bond donors (Lipinski definition) is 3. The second-order valence-electron chi connectivity index (χ2n) is 2.56. The average Bonchev–Trinajstić information content (AvgIpc) is 2.45. The Balaban J connectivity index is 2.67. The molecule has 0 fully saturated rings. The van der Waals surface area contributed by atoms with Crippen LogP contribution < -0.4 is 0 Å². The van der Waals surface area contributed by atoms with Gasteiger partial charge >= 0.3 is 0 Å². The fourth-order valence-electron chi connectivity index (χ4n) is 1.25. The third-order valence-corrected chi connectivity index (χ3v) is 3.01. The van der Waals surface area contributed by atoms with Gasteiger partial charge in [-0.25, -0.2) is 4.40 Å². The first-order valence-electron chi connectivity index (χ1n) is 3.59. The highest BCUT2D eigenvalue weighted by Gasteiger charge is 2.23. The molecule has 2 rings (SSSR count). The van der Waals surface area contributed by atoms with Gasteiger partial charge in [0.1, 0.15) is 11.5 Å². The summed E-state index contributed by atoms with van der Waals surface area (Å²) in [6.07, 6.45) is 0.539. The molecule has 5 heteroatoms. The molecule has 0 aliphatic carbocycles. The van der Waals surface area contributed by atoms with Crippen LogP contribution in [0.5, 0.6) is 5.75 Å². The lowest BCUT2D eigenvalue weighted by Gasteiger charge is -2.05. The highest BCUT2D eigenvalue weighted by Crippen LogP contribution is 2.44. The summed E-state index contributed by atoms with van der Waals surface area (Å²) in [6.45, 7) is 0. The van der Waals surface area contributed by atoms with Gasteiger partial charge in [-0.2, -0.15) is 0 Å². The monoisotopic (exact) mass is 197 g/mol. The molecule has 13 heavy (non-hydrogen) atoms.